The molecule has 0 radical (unpaired) electrons. The van der Waals surface area contributed by atoms with Gasteiger partial charge in [-0.1, -0.05) is 6.07 Å². The number of alkyl halides is 3. The number of sulfonamides is 1. The Balaban J connectivity index is 1.70. The molecular weight excluding hydrogens is 543 g/mol. The smallest absolute Gasteiger partial charge is 0.416 e. The molecule has 1 N–H and O–H groups in total. The van der Waals surface area contributed by atoms with E-state index < -0.39 is 44.5 Å². The molecule has 2 aliphatic rings. The third-order valence-electron chi connectivity index (χ3n) is 5.79. The van der Waals surface area contributed by atoms with Gasteiger partial charge in [-0.3, -0.25) is 14.4 Å². The lowest BCUT2D eigenvalue weighted by Crippen LogP contribution is -2.45. The van der Waals surface area contributed by atoms with Crippen LogP contribution in [-0.2, 0) is 30.5 Å². The first kappa shape index (κ1) is 28.5. The zero-order chi connectivity index (χ0) is 28.6. The Bertz CT molecular complexity index is 1350. The van der Waals surface area contributed by atoms with Gasteiger partial charge < -0.3 is 19.1 Å². The number of ether oxygens (including phenoxy) is 3. The van der Waals surface area contributed by atoms with Gasteiger partial charge in [-0.05, 0) is 57.2 Å². The first-order valence-corrected chi connectivity index (χ1v) is 13.4. The molecule has 14 heteroatoms. The number of nitrogens with one attached hydrogen (secondary N) is 1. The lowest BCUT2D eigenvalue weighted by atomic mass is 10.1. The third kappa shape index (κ3) is 6.74. The van der Waals surface area contributed by atoms with E-state index in [1.807, 2.05) is 0 Å². The highest BCUT2D eigenvalue weighted by Gasteiger charge is 2.38. The molecule has 0 bridgehead atoms. The number of halogens is 3. The summed E-state index contributed by atoms with van der Waals surface area (Å²) in [6.45, 7) is 5.53. The van der Waals surface area contributed by atoms with Crippen LogP contribution in [0.4, 0.5) is 29.3 Å². The molecule has 1 saturated heterocycles. The van der Waals surface area contributed by atoms with Crippen LogP contribution in [0, 0.1) is 0 Å². The van der Waals surface area contributed by atoms with Crippen LogP contribution in [0.2, 0.25) is 0 Å². The van der Waals surface area contributed by atoms with Crippen molar-refractivity contribution in [2.45, 2.75) is 50.0 Å². The molecule has 0 spiro atoms. The highest BCUT2D eigenvalue weighted by Crippen LogP contribution is 2.40. The van der Waals surface area contributed by atoms with Crippen molar-refractivity contribution in [3.05, 3.63) is 48.0 Å². The molecule has 0 saturated carbocycles. The average Bonchev–Trinajstić information content (AvgIpc) is 3.37. The molecule has 1 atom stereocenters. The van der Waals surface area contributed by atoms with E-state index in [1.54, 1.807) is 20.8 Å². The molecule has 2 aromatic carbocycles. The second kappa shape index (κ2) is 10.6. The normalized spacial score (nSPS) is 17.8. The summed E-state index contributed by atoms with van der Waals surface area (Å²) in [7, 11) is -4.56. The highest BCUT2D eigenvalue weighted by atomic mass is 32.2. The van der Waals surface area contributed by atoms with E-state index in [9.17, 15) is 31.2 Å². The molecule has 2 aromatic rings. The number of hydrogen-bond acceptors (Lipinski definition) is 7. The molecular formula is C25H28F3N3O7S. The molecule has 0 aliphatic carbocycles. The molecule has 212 valence electrons. The maximum absolute atomic E-state index is 13.7. The summed E-state index contributed by atoms with van der Waals surface area (Å²) in [5.41, 5.74) is -1.77. The average molecular weight is 572 g/mol. The van der Waals surface area contributed by atoms with E-state index in [-0.39, 0.29) is 42.7 Å². The van der Waals surface area contributed by atoms with Crippen LogP contribution in [-0.4, -0.2) is 63.5 Å². The van der Waals surface area contributed by atoms with E-state index in [1.165, 1.54) is 23.1 Å². The van der Waals surface area contributed by atoms with Crippen LogP contribution in [0.15, 0.2) is 47.4 Å². The van der Waals surface area contributed by atoms with Gasteiger partial charge in [-0.25, -0.2) is 13.2 Å². The van der Waals surface area contributed by atoms with E-state index in [2.05, 4.69) is 5.32 Å². The number of benzene rings is 2. The van der Waals surface area contributed by atoms with Crippen LogP contribution < -0.4 is 14.4 Å². The van der Waals surface area contributed by atoms with E-state index >= 15 is 0 Å². The van der Waals surface area contributed by atoms with E-state index in [4.69, 9.17) is 14.2 Å². The zero-order valence-electron chi connectivity index (χ0n) is 21.4. The minimum absolute atomic E-state index is 0.0193. The highest BCUT2D eigenvalue weighted by molar-refractivity contribution is 7.92. The summed E-state index contributed by atoms with van der Waals surface area (Å²) in [4.78, 5) is 25.8. The first-order chi connectivity index (χ1) is 18.1. The topological polar surface area (TPSA) is 114 Å². The number of carbonyl (C=O) groups is 2. The van der Waals surface area contributed by atoms with Crippen LogP contribution in [0.3, 0.4) is 0 Å². The van der Waals surface area contributed by atoms with Gasteiger partial charge in [0.05, 0.1) is 35.7 Å². The van der Waals surface area contributed by atoms with E-state index in [0.717, 1.165) is 22.5 Å². The predicted octanol–water partition coefficient (Wildman–Crippen LogP) is 4.22. The lowest BCUT2D eigenvalue weighted by molar-refractivity contribution is -0.137. The van der Waals surface area contributed by atoms with Gasteiger partial charge >= 0.3 is 12.3 Å². The third-order valence-corrected chi connectivity index (χ3v) is 7.57. The van der Waals surface area contributed by atoms with Crippen LogP contribution in [0.25, 0.3) is 0 Å². The minimum Gasteiger partial charge on any atom is -0.486 e. The summed E-state index contributed by atoms with van der Waals surface area (Å²) in [6, 6.07) is 7.57. The Morgan fingerprint density at radius 3 is 2.51 bits per heavy atom. The molecule has 10 nitrogen and oxygen atoms in total. The fourth-order valence-electron chi connectivity index (χ4n) is 4.04. The number of amides is 2. The fourth-order valence-corrected chi connectivity index (χ4v) is 5.58. The number of fused-ring (bicyclic) bond motifs is 1. The van der Waals surface area contributed by atoms with Gasteiger partial charge in [0.25, 0.3) is 10.0 Å². The van der Waals surface area contributed by atoms with Crippen molar-refractivity contribution in [2.24, 2.45) is 0 Å². The Hall–Kier alpha value is -3.52. The Morgan fingerprint density at radius 2 is 1.87 bits per heavy atom. The van der Waals surface area contributed by atoms with Gasteiger partial charge in [0.2, 0.25) is 5.91 Å². The van der Waals surface area contributed by atoms with Gasteiger partial charge in [-0.15, -0.1) is 0 Å². The van der Waals surface area contributed by atoms with Crippen molar-refractivity contribution in [3.8, 4) is 5.75 Å². The largest absolute Gasteiger partial charge is 0.486 e. The van der Waals surface area contributed by atoms with Crippen molar-refractivity contribution in [2.75, 3.05) is 36.0 Å². The van der Waals surface area contributed by atoms with Crippen LogP contribution in [0.1, 0.15) is 32.8 Å². The summed E-state index contributed by atoms with van der Waals surface area (Å²) < 4.78 is 84.7. The molecule has 0 aromatic heterocycles. The quantitative estimate of drug-likeness (QED) is 0.572. The predicted molar refractivity (Wildman–Crippen MR) is 134 cm³/mol. The Morgan fingerprint density at radius 1 is 1.13 bits per heavy atom. The van der Waals surface area contributed by atoms with Gasteiger partial charge in [0.15, 0.2) is 0 Å². The number of hydrogen-bond donors (Lipinski definition) is 1. The van der Waals surface area contributed by atoms with Crippen LogP contribution >= 0.6 is 0 Å². The summed E-state index contributed by atoms with van der Waals surface area (Å²) in [5, 5.41) is 2.51. The maximum atomic E-state index is 13.7. The second-order valence-electron chi connectivity index (χ2n) is 10.0. The molecule has 2 amide bonds. The SMILES string of the molecule is CC(C)(C)OC(=O)Nc1ccc2c(c1)N(S(=O)(=O)c1cccc(C(F)(F)F)c1)C[C@@H](CC(=O)N1CCOC1)O2. The molecule has 2 aliphatic heterocycles. The second-order valence-corrected chi connectivity index (χ2v) is 11.9. The van der Waals surface area contributed by atoms with E-state index in [0.29, 0.717) is 19.2 Å². The van der Waals surface area contributed by atoms with Gasteiger partial charge in [0.1, 0.15) is 24.2 Å². The Kier molecular flexibility index (Phi) is 7.72. The molecule has 1 fully saturated rings. The zero-order valence-corrected chi connectivity index (χ0v) is 22.3. The molecule has 39 heavy (non-hydrogen) atoms. The van der Waals surface area contributed by atoms with Gasteiger partial charge in [-0.2, -0.15) is 13.2 Å². The fraction of sp³-hybridized carbons (Fsp3) is 0.440. The molecule has 4 rings (SSSR count). The van der Waals surface area contributed by atoms with Crippen molar-refractivity contribution in [3.63, 3.8) is 0 Å². The lowest BCUT2D eigenvalue weighted by Gasteiger charge is -2.36. The molecule has 2 heterocycles. The first-order valence-electron chi connectivity index (χ1n) is 12.0. The van der Waals surface area contributed by atoms with Gasteiger partial charge in [0, 0.05) is 12.2 Å². The summed E-state index contributed by atoms with van der Waals surface area (Å²) in [6.07, 6.45) is -6.67. The number of carbonyl (C=O) groups excluding carboxylic acids is 2. The van der Waals surface area contributed by atoms with Crippen LogP contribution in [0.5, 0.6) is 5.75 Å². The summed E-state index contributed by atoms with van der Waals surface area (Å²) in [5.74, 6) is -0.248. The minimum atomic E-state index is -4.76. The van der Waals surface area contributed by atoms with Crippen molar-refractivity contribution < 1.29 is 45.4 Å². The van der Waals surface area contributed by atoms with Crippen molar-refractivity contribution in [1.82, 2.24) is 4.90 Å². The van der Waals surface area contributed by atoms with Crippen molar-refractivity contribution >= 4 is 33.4 Å². The Labute approximate surface area is 223 Å². The molecule has 0 unspecified atom stereocenters. The standard InChI is InChI=1S/C25H28F3N3O7S/c1-24(2,3)38-23(33)29-17-7-8-21-20(12-17)31(14-18(37-21)13-22(32)30-9-10-36-15-30)39(34,35)19-6-4-5-16(11-19)25(26,27)28/h4-8,11-12,18H,9-10,13-15H2,1-3H3,(H,29,33)/t18-/m1/s1. The number of rotatable bonds is 5. The monoisotopic (exact) mass is 571 g/mol. The summed E-state index contributed by atoms with van der Waals surface area (Å²) >= 11 is 0. The number of anilines is 2. The number of nitrogens with zero attached hydrogens (tertiary/aromatic N) is 2. The maximum Gasteiger partial charge on any atom is 0.416 e. The van der Waals surface area contributed by atoms with Crippen molar-refractivity contribution in [1.29, 1.82) is 0 Å².